The average Bonchev–Trinajstić information content (AvgIpc) is 3.60. The van der Waals surface area contributed by atoms with Gasteiger partial charge < -0.3 is 14.7 Å². The lowest BCUT2D eigenvalue weighted by Gasteiger charge is -2.35. The highest BCUT2D eigenvalue weighted by molar-refractivity contribution is 7.89. The van der Waals surface area contributed by atoms with Crippen LogP contribution < -0.4 is 15.2 Å². The number of halogens is 2. The third-order valence-corrected chi connectivity index (χ3v) is 8.64. The summed E-state index contributed by atoms with van der Waals surface area (Å²) < 4.78 is 61.9. The zero-order valence-electron chi connectivity index (χ0n) is 20.1. The van der Waals surface area contributed by atoms with Crippen molar-refractivity contribution in [2.75, 3.05) is 37.7 Å². The van der Waals surface area contributed by atoms with E-state index in [9.17, 15) is 27.1 Å². The van der Waals surface area contributed by atoms with Crippen LogP contribution in [0.5, 0.6) is 11.5 Å². The van der Waals surface area contributed by atoms with Crippen molar-refractivity contribution in [3.63, 3.8) is 0 Å². The van der Waals surface area contributed by atoms with Crippen LogP contribution in [0.15, 0.2) is 58.4 Å². The summed E-state index contributed by atoms with van der Waals surface area (Å²) in [5, 5.41) is 13.6. The lowest BCUT2D eigenvalue weighted by Crippen LogP contribution is -2.49. The van der Waals surface area contributed by atoms with E-state index in [1.165, 1.54) is 34.8 Å². The number of hydrogen-bond donors (Lipinski definition) is 1. The van der Waals surface area contributed by atoms with E-state index in [1.54, 1.807) is 0 Å². The second-order valence-corrected chi connectivity index (χ2v) is 11.6. The van der Waals surface area contributed by atoms with Crippen molar-refractivity contribution in [1.82, 2.24) is 14.1 Å². The zero-order valence-corrected chi connectivity index (χ0v) is 20.9. The number of hydrogen-bond acceptors (Lipinski definition) is 7. The highest BCUT2D eigenvalue weighted by Crippen LogP contribution is 2.45. The minimum absolute atomic E-state index is 0.00244. The van der Waals surface area contributed by atoms with E-state index >= 15 is 0 Å². The highest BCUT2D eigenvalue weighted by atomic mass is 32.2. The monoisotopic (exact) mass is 532 g/mol. The van der Waals surface area contributed by atoms with Gasteiger partial charge in [0.2, 0.25) is 15.8 Å². The molecule has 0 unspecified atom stereocenters. The number of aromatic hydroxyl groups is 1. The molecule has 5 rings (SSSR count). The molecule has 2 aliphatic rings. The first-order valence-electron chi connectivity index (χ1n) is 11.8. The van der Waals surface area contributed by atoms with Gasteiger partial charge in [-0.1, -0.05) is 6.92 Å². The summed E-state index contributed by atoms with van der Waals surface area (Å²) in [5.74, 6) is -1.71. The topological polar surface area (TPSA) is 105 Å². The average molecular weight is 533 g/mol. The van der Waals surface area contributed by atoms with Crippen LogP contribution in [0.25, 0.3) is 5.69 Å². The Morgan fingerprint density at radius 2 is 1.65 bits per heavy atom. The van der Waals surface area contributed by atoms with Gasteiger partial charge in [0.15, 0.2) is 0 Å². The van der Waals surface area contributed by atoms with E-state index in [4.69, 9.17) is 4.74 Å². The summed E-state index contributed by atoms with van der Waals surface area (Å²) in [6, 6.07) is 8.06. The molecule has 1 aliphatic carbocycles. The van der Waals surface area contributed by atoms with Crippen LogP contribution >= 0.6 is 0 Å². The van der Waals surface area contributed by atoms with Crippen LogP contribution in [0.3, 0.4) is 0 Å². The number of sulfonamides is 1. The highest BCUT2D eigenvalue weighted by Gasteiger charge is 2.39. The van der Waals surface area contributed by atoms with Gasteiger partial charge in [-0.25, -0.2) is 17.2 Å². The fraction of sp³-hybridized carbons (Fsp3) is 0.360. The zero-order chi connectivity index (χ0) is 26.4. The molecule has 0 radical (unpaired) electrons. The Labute approximate surface area is 212 Å². The quantitative estimate of drug-likeness (QED) is 0.499. The van der Waals surface area contributed by atoms with Gasteiger partial charge in [-0.3, -0.25) is 4.79 Å². The molecule has 1 saturated carbocycles. The molecule has 2 heterocycles. The van der Waals surface area contributed by atoms with E-state index in [2.05, 4.69) is 5.10 Å². The van der Waals surface area contributed by atoms with Crippen molar-refractivity contribution in [3.8, 4) is 17.2 Å². The lowest BCUT2D eigenvalue weighted by atomic mass is 10.2. The van der Waals surface area contributed by atoms with E-state index < -0.39 is 27.2 Å². The Morgan fingerprint density at radius 3 is 2.24 bits per heavy atom. The molecule has 9 nitrogen and oxygen atoms in total. The molecule has 0 bridgehead atoms. The summed E-state index contributed by atoms with van der Waals surface area (Å²) in [6.07, 6.45) is 3.33. The molecule has 196 valence electrons. The van der Waals surface area contributed by atoms with E-state index in [1.807, 2.05) is 11.8 Å². The van der Waals surface area contributed by atoms with Gasteiger partial charge in [-0.15, -0.1) is 0 Å². The number of rotatable bonds is 7. The van der Waals surface area contributed by atoms with Crippen molar-refractivity contribution < 1.29 is 27.0 Å². The van der Waals surface area contributed by atoms with Crippen LogP contribution in [-0.4, -0.2) is 60.4 Å². The largest absolute Gasteiger partial charge is 0.508 e. The fourth-order valence-electron chi connectivity index (χ4n) is 4.18. The minimum atomic E-state index is -3.76. The molecule has 1 saturated heterocycles. The van der Waals surface area contributed by atoms with Crippen LogP contribution in [0.2, 0.25) is 0 Å². The van der Waals surface area contributed by atoms with Gasteiger partial charge in [0, 0.05) is 37.7 Å². The number of aromatic nitrogens is 2. The summed E-state index contributed by atoms with van der Waals surface area (Å²) in [5.41, 5.74) is -0.379. The molecule has 0 spiro atoms. The standard InChI is InChI=1S/C25H26F2N4O5S/c1-25(6-7-25)16-36-23-22(15-28-31(24(23)33)19-13-17(26)12-18(27)14-19)29-8-10-30(11-9-29)37(34,35)21-4-2-20(32)3-5-21/h2-5,12-15,32H,6-11,16H2,1H3. The SMILES string of the molecule is CC1(COc2c(N3CCN(S(=O)(=O)c4ccc(O)cc4)CC3)cnn(-c3cc(F)cc(F)c3)c2=O)CC1. The van der Waals surface area contributed by atoms with Gasteiger partial charge in [0.1, 0.15) is 23.1 Å². The van der Waals surface area contributed by atoms with Crippen molar-refractivity contribution in [1.29, 1.82) is 0 Å². The maximum absolute atomic E-state index is 13.8. The Kier molecular flexibility index (Phi) is 6.40. The second-order valence-electron chi connectivity index (χ2n) is 9.69. The molecule has 2 fully saturated rings. The number of anilines is 1. The Bertz CT molecular complexity index is 1460. The first-order valence-corrected chi connectivity index (χ1v) is 13.3. The van der Waals surface area contributed by atoms with Gasteiger partial charge in [0.25, 0.3) is 0 Å². The van der Waals surface area contributed by atoms with Crippen molar-refractivity contribution in [2.45, 2.75) is 24.7 Å². The smallest absolute Gasteiger partial charge is 0.316 e. The number of benzene rings is 2. The Balaban J connectivity index is 1.42. The summed E-state index contributed by atoms with van der Waals surface area (Å²) in [7, 11) is -3.76. The number of nitrogens with zero attached hydrogens (tertiary/aromatic N) is 4. The molecule has 1 aliphatic heterocycles. The van der Waals surface area contributed by atoms with Gasteiger partial charge in [-0.2, -0.15) is 14.1 Å². The molecule has 3 aromatic rings. The number of phenols is 1. The molecule has 0 atom stereocenters. The summed E-state index contributed by atoms with van der Waals surface area (Å²) in [6.45, 7) is 3.18. The van der Waals surface area contributed by atoms with Gasteiger partial charge in [0.05, 0.1) is 23.4 Å². The third-order valence-electron chi connectivity index (χ3n) is 6.73. The molecular weight excluding hydrogens is 506 g/mol. The molecular formula is C25H26F2N4O5S. The van der Waals surface area contributed by atoms with Gasteiger partial charge in [-0.05, 0) is 49.2 Å². The molecule has 1 aromatic heterocycles. The molecule has 1 N–H and O–H groups in total. The first kappa shape index (κ1) is 25.2. The summed E-state index contributed by atoms with van der Waals surface area (Å²) in [4.78, 5) is 15.3. The minimum Gasteiger partial charge on any atom is -0.508 e. The fourth-order valence-corrected chi connectivity index (χ4v) is 5.60. The van der Waals surface area contributed by atoms with E-state index in [-0.39, 0.29) is 53.7 Å². The number of phenolic OH excluding ortho intramolecular Hbond substituents is 1. The predicted octanol–water partition coefficient (Wildman–Crippen LogP) is 2.91. The molecule has 2 aromatic carbocycles. The third kappa shape index (κ3) is 5.16. The van der Waals surface area contributed by atoms with Crippen LogP contribution in [0.1, 0.15) is 19.8 Å². The van der Waals surface area contributed by atoms with Gasteiger partial charge >= 0.3 is 5.56 Å². The van der Waals surface area contributed by atoms with Crippen molar-refractivity contribution in [2.24, 2.45) is 5.41 Å². The van der Waals surface area contributed by atoms with E-state index in [0.717, 1.165) is 29.7 Å². The number of ether oxygens (including phenoxy) is 1. The molecule has 0 amide bonds. The summed E-state index contributed by atoms with van der Waals surface area (Å²) >= 11 is 0. The van der Waals surface area contributed by atoms with Crippen LogP contribution in [-0.2, 0) is 10.0 Å². The Morgan fingerprint density at radius 1 is 1.03 bits per heavy atom. The molecule has 37 heavy (non-hydrogen) atoms. The van der Waals surface area contributed by atoms with Crippen molar-refractivity contribution in [3.05, 3.63) is 70.6 Å². The van der Waals surface area contributed by atoms with Crippen molar-refractivity contribution >= 4 is 15.7 Å². The van der Waals surface area contributed by atoms with Crippen LogP contribution in [0.4, 0.5) is 14.5 Å². The van der Waals surface area contributed by atoms with Crippen LogP contribution in [0, 0.1) is 17.0 Å². The number of piperazine rings is 1. The van der Waals surface area contributed by atoms with E-state index in [0.29, 0.717) is 18.4 Å². The second kappa shape index (κ2) is 9.42. The first-order chi connectivity index (χ1) is 17.6. The molecule has 12 heteroatoms. The Hall–Kier alpha value is -3.51. The predicted molar refractivity (Wildman–Crippen MR) is 132 cm³/mol. The normalized spacial score (nSPS) is 17.5. The lowest BCUT2D eigenvalue weighted by molar-refractivity contribution is 0.242. The maximum Gasteiger partial charge on any atom is 0.316 e. The maximum atomic E-state index is 13.8.